The minimum Gasteiger partial charge on any atom is -0.359 e. The third kappa shape index (κ3) is 9.32. The highest BCUT2D eigenvalue weighted by Gasteiger charge is 1.88. The Morgan fingerprint density at radius 2 is 1.42 bits per heavy atom. The Hall–Kier alpha value is -0.680. The van der Waals surface area contributed by atoms with E-state index in [9.17, 15) is 0 Å². The molecule has 0 spiro atoms. The van der Waals surface area contributed by atoms with Crippen LogP contribution in [-0.2, 0) is 0 Å². The highest BCUT2D eigenvalue weighted by atomic mass is 14.5. The first-order valence-corrected chi connectivity index (χ1v) is 4.80. The van der Waals surface area contributed by atoms with Crippen LogP contribution in [0.1, 0.15) is 44.9 Å². The van der Waals surface area contributed by atoms with Crippen LogP contribution in [-0.4, -0.2) is 6.54 Å². The summed E-state index contributed by atoms with van der Waals surface area (Å²) in [6, 6.07) is 2.41. The predicted molar refractivity (Wildman–Crippen MR) is 53.3 cm³/mol. The summed E-state index contributed by atoms with van der Waals surface area (Å²) in [4.78, 5) is 0. The van der Waals surface area contributed by atoms with Gasteiger partial charge in [0.1, 0.15) is 0 Å². The largest absolute Gasteiger partial charge is 0.359 e. The lowest BCUT2D eigenvalue weighted by atomic mass is 10.1. The van der Waals surface area contributed by atoms with Crippen molar-refractivity contribution in [1.29, 1.82) is 0 Å². The van der Waals surface area contributed by atoms with Crippen molar-refractivity contribution in [3.05, 3.63) is 0 Å². The van der Waals surface area contributed by atoms with Crippen molar-refractivity contribution in [1.82, 2.24) is 0 Å². The molecule has 0 saturated carbocycles. The second-order valence-corrected chi connectivity index (χ2v) is 2.98. The molecule has 0 aliphatic carbocycles. The van der Waals surface area contributed by atoms with Gasteiger partial charge >= 0.3 is 0 Å². The molecule has 0 aromatic heterocycles. The van der Waals surface area contributed by atoms with Crippen LogP contribution in [0, 0.1) is 12.0 Å². The number of hydrogen-bond acceptors (Lipinski definition) is 2. The third-order valence-electron chi connectivity index (χ3n) is 1.86. The van der Waals surface area contributed by atoms with Gasteiger partial charge in [0.25, 0.3) is 0 Å². The monoisotopic (exact) mass is 168 g/mol. The molecule has 0 aromatic carbocycles. The number of nitrogens with two attached hydrogens (primary N) is 2. The molecule has 0 bridgehead atoms. The molecule has 4 N–H and O–H groups in total. The first kappa shape index (κ1) is 11.3. The third-order valence-corrected chi connectivity index (χ3v) is 1.86. The SMILES string of the molecule is NC#CCCCCCCCCN. The topological polar surface area (TPSA) is 52.0 Å². The molecule has 0 radical (unpaired) electrons. The fourth-order valence-electron chi connectivity index (χ4n) is 1.14. The number of hydrogen-bond donors (Lipinski definition) is 2. The highest BCUT2D eigenvalue weighted by Crippen LogP contribution is 2.05. The van der Waals surface area contributed by atoms with Crippen LogP contribution in [0.25, 0.3) is 0 Å². The molecule has 0 amide bonds. The Kier molecular flexibility index (Phi) is 9.74. The zero-order chi connectivity index (χ0) is 9.07. The molecule has 0 aromatic rings. The van der Waals surface area contributed by atoms with Gasteiger partial charge in [-0.05, 0) is 19.4 Å². The van der Waals surface area contributed by atoms with Crippen molar-refractivity contribution in [2.45, 2.75) is 44.9 Å². The standard InChI is InChI=1S/C10H20N2/c11-9-7-5-3-1-2-4-6-8-10-12/h1-7,9,11-12H2. The molecule has 0 saturated heterocycles. The van der Waals surface area contributed by atoms with Gasteiger partial charge < -0.3 is 11.5 Å². The molecule has 0 rings (SSSR count). The normalized spacial score (nSPS) is 9.08. The molecule has 0 aliphatic rings. The van der Waals surface area contributed by atoms with Crippen LogP contribution in [0.4, 0.5) is 0 Å². The van der Waals surface area contributed by atoms with E-state index in [0.29, 0.717) is 0 Å². The Morgan fingerprint density at radius 3 is 2.00 bits per heavy atom. The minimum absolute atomic E-state index is 0.832. The van der Waals surface area contributed by atoms with Crippen molar-refractivity contribution in [3.63, 3.8) is 0 Å². The summed E-state index contributed by atoms with van der Waals surface area (Å²) in [6.45, 7) is 0.832. The lowest BCUT2D eigenvalue weighted by Crippen LogP contribution is -1.97. The van der Waals surface area contributed by atoms with Crippen LogP contribution >= 0.6 is 0 Å². The Balaban J connectivity index is 2.84. The zero-order valence-corrected chi connectivity index (χ0v) is 7.81. The summed E-state index contributed by atoms with van der Waals surface area (Å²) in [5.74, 6) is 2.86. The summed E-state index contributed by atoms with van der Waals surface area (Å²) in [7, 11) is 0. The van der Waals surface area contributed by atoms with Crippen LogP contribution in [0.15, 0.2) is 0 Å². The van der Waals surface area contributed by atoms with Crippen molar-refractivity contribution in [2.24, 2.45) is 11.5 Å². The van der Waals surface area contributed by atoms with E-state index in [0.717, 1.165) is 13.0 Å². The smallest absolute Gasteiger partial charge is 0.0107 e. The van der Waals surface area contributed by atoms with Crippen molar-refractivity contribution >= 4 is 0 Å². The summed E-state index contributed by atoms with van der Waals surface area (Å²) in [6.07, 6.45) is 8.49. The Bertz CT molecular complexity index is 133. The second kappa shape index (κ2) is 10.3. The highest BCUT2D eigenvalue weighted by molar-refractivity contribution is 4.93. The first-order valence-electron chi connectivity index (χ1n) is 4.80. The van der Waals surface area contributed by atoms with E-state index in [4.69, 9.17) is 11.5 Å². The van der Waals surface area contributed by atoms with E-state index in [1.54, 1.807) is 0 Å². The summed E-state index contributed by atoms with van der Waals surface area (Å²) in [5.41, 5.74) is 10.4. The van der Waals surface area contributed by atoms with E-state index >= 15 is 0 Å². The van der Waals surface area contributed by atoms with Gasteiger partial charge in [-0.1, -0.05) is 31.6 Å². The van der Waals surface area contributed by atoms with Gasteiger partial charge in [-0.2, -0.15) is 0 Å². The van der Waals surface area contributed by atoms with Gasteiger partial charge in [-0.25, -0.2) is 0 Å². The van der Waals surface area contributed by atoms with Gasteiger partial charge in [0.05, 0.1) is 0 Å². The summed E-state index contributed by atoms with van der Waals surface area (Å²) < 4.78 is 0. The second-order valence-electron chi connectivity index (χ2n) is 2.98. The first-order chi connectivity index (χ1) is 5.91. The summed E-state index contributed by atoms with van der Waals surface area (Å²) >= 11 is 0. The number of unbranched alkanes of at least 4 members (excludes halogenated alkanes) is 6. The molecule has 2 nitrogen and oxygen atoms in total. The van der Waals surface area contributed by atoms with Crippen LogP contribution in [0.5, 0.6) is 0 Å². The molecule has 0 unspecified atom stereocenters. The molecular weight excluding hydrogens is 148 g/mol. The van der Waals surface area contributed by atoms with Crippen molar-refractivity contribution in [3.8, 4) is 12.0 Å². The van der Waals surface area contributed by atoms with Crippen LogP contribution < -0.4 is 11.5 Å². The van der Waals surface area contributed by atoms with Crippen LogP contribution in [0.2, 0.25) is 0 Å². The zero-order valence-electron chi connectivity index (χ0n) is 7.81. The maximum absolute atomic E-state index is 5.38. The fraction of sp³-hybridized carbons (Fsp3) is 0.800. The molecule has 0 aliphatic heterocycles. The lowest BCUT2D eigenvalue weighted by Gasteiger charge is -1.97. The fourth-order valence-corrected chi connectivity index (χ4v) is 1.14. The average molecular weight is 168 g/mol. The Labute approximate surface area is 75.7 Å². The van der Waals surface area contributed by atoms with E-state index in [-0.39, 0.29) is 0 Å². The van der Waals surface area contributed by atoms with Gasteiger partial charge in [-0.3, -0.25) is 0 Å². The van der Waals surface area contributed by atoms with Gasteiger partial charge in [0.2, 0.25) is 0 Å². The summed E-state index contributed by atoms with van der Waals surface area (Å²) in [5, 5.41) is 0. The predicted octanol–water partition coefficient (Wildman–Crippen LogP) is 1.60. The quantitative estimate of drug-likeness (QED) is 0.344. The molecular formula is C10H20N2. The lowest BCUT2D eigenvalue weighted by molar-refractivity contribution is 0.603. The van der Waals surface area contributed by atoms with Gasteiger partial charge in [0.15, 0.2) is 0 Å². The Morgan fingerprint density at radius 1 is 0.833 bits per heavy atom. The van der Waals surface area contributed by atoms with E-state index in [1.165, 1.54) is 38.5 Å². The average Bonchev–Trinajstić information content (AvgIpc) is 2.10. The molecule has 12 heavy (non-hydrogen) atoms. The molecule has 0 atom stereocenters. The van der Waals surface area contributed by atoms with Crippen LogP contribution in [0.3, 0.4) is 0 Å². The maximum atomic E-state index is 5.38. The van der Waals surface area contributed by atoms with E-state index in [1.807, 2.05) is 0 Å². The maximum Gasteiger partial charge on any atom is 0.0107 e. The van der Waals surface area contributed by atoms with E-state index < -0.39 is 0 Å². The number of rotatable bonds is 7. The van der Waals surface area contributed by atoms with Crippen molar-refractivity contribution in [2.75, 3.05) is 6.54 Å². The van der Waals surface area contributed by atoms with Gasteiger partial charge in [-0.15, -0.1) is 0 Å². The molecule has 0 fully saturated rings. The van der Waals surface area contributed by atoms with Gasteiger partial charge in [0, 0.05) is 12.5 Å². The minimum atomic E-state index is 0.832. The molecule has 0 heterocycles. The van der Waals surface area contributed by atoms with E-state index in [2.05, 4.69) is 12.0 Å². The van der Waals surface area contributed by atoms with Crippen molar-refractivity contribution < 1.29 is 0 Å². The molecule has 70 valence electrons. The molecule has 2 heteroatoms.